The van der Waals surface area contributed by atoms with Gasteiger partial charge in [0.1, 0.15) is 17.4 Å². The summed E-state index contributed by atoms with van der Waals surface area (Å²) in [7, 11) is 3.60. The lowest BCUT2D eigenvalue weighted by Gasteiger charge is -2.39. The Hall–Kier alpha value is -5.88. The van der Waals surface area contributed by atoms with E-state index in [1.807, 2.05) is 41.0 Å². The molecule has 3 aliphatic rings. The number of aliphatic hydroxyl groups is 1. The molecular weight excluding hydrogens is 808 g/mol. The number of anilines is 1. The van der Waals surface area contributed by atoms with E-state index in [1.54, 1.807) is 37.6 Å². The minimum Gasteiger partial charge on any atom is -0.386 e. The van der Waals surface area contributed by atoms with Crippen LogP contribution >= 0.6 is 0 Å². The van der Waals surface area contributed by atoms with Gasteiger partial charge in [0.05, 0.1) is 28.2 Å². The largest absolute Gasteiger partial charge is 0.433 e. The molecule has 3 aromatic heterocycles. The first-order valence-electron chi connectivity index (χ1n) is 21.0. The number of para-hydroxylation sites is 1. The summed E-state index contributed by atoms with van der Waals surface area (Å²) in [5, 5.41) is 21.5. The second kappa shape index (κ2) is 16.4. The number of alkyl halides is 3. The summed E-state index contributed by atoms with van der Waals surface area (Å²) in [5.74, 6) is -1.65. The van der Waals surface area contributed by atoms with Gasteiger partial charge in [-0.2, -0.15) is 18.3 Å². The van der Waals surface area contributed by atoms with Crippen molar-refractivity contribution in [2.75, 3.05) is 25.5 Å². The molecule has 62 heavy (non-hydrogen) atoms. The van der Waals surface area contributed by atoms with Crippen LogP contribution in [0.25, 0.3) is 21.9 Å². The molecule has 2 saturated heterocycles. The summed E-state index contributed by atoms with van der Waals surface area (Å²) in [6.45, 7) is 5.22. The van der Waals surface area contributed by atoms with E-state index < -0.39 is 41.0 Å². The number of aromatic nitrogens is 5. The minimum absolute atomic E-state index is 0.0165. The topological polar surface area (TPSA) is 177 Å². The maximum Gasteiger partial charge on any atom is 0.433 e. The number of hydrogen-bond donors (Lipinski definition) is 3. The summed E-state index contributed by atoms with van der Waals surface area (Å²) >= 11 is 0. The summed E-state index contributed by atoms with van der Waals surface area (Å²) < 4.78 is 44.8. The van der Waals surface area contributed by atoms with E-state index >= 15 is 0 Å². The molecule has 1 aliphatic carbocycles. The lowest BCUT2D eigenvalue weighted by molar-refractivity contribution is -0.141. The number of pyridine rings is 1. The highest BCUT2D eigenvalue weighted by Crippen LogP contribution is 2.37. The Labute approximate surface area is 354 Å². The van der Waals surface area contributed by atoms with Crippen LogP contribution in [0.2, 0.25) is 0 Å². The van der Waals surface area contributed by atoms with Gasteiger partial charge in [0.25, 0.3) is 5.91 Å². The number of rotatable bonds is 9. The zero-order valence-electron chi connectivity index (χ0n) is 35.0. The van der Waals surface area contributed by atoms with Crippen LogP contribution in [-0.4, -0.2) is 88.6 Å². The average molecular weight is 858 g/mol. The number of likely N-dealkylation sites (tertiary alicyclic amines) is 1. The van der Waals surface area contributed by atoms with Gasteiger partial charge in [-0.3, -0.25) is 43.2 Å². The Balaban J connectivity index is 0.878. The Morgan fingerprint density at radius 3 is 2.35 bits per heavy atom. The number of nitrogens with one attached hydrogen (secondary N) is 2. The van der Waals surface area contributed by atoms with Crippen molar-refractivity contribution in [2.45, 2.75) is 102 Å². The highest BCUT2D eigenvalue weighted by Gasteiger charge is 2.36. The number of aryl methyl sites for hydroxylation is 1. The van der Waals surface area contributed by atoms with Crippen molar-refractivity contribution in [3.05, 3.63) is 87.7 Å². The molecule has 1 atom stereocenters. The van der Waals surface area contributed by atoms with Crippen LogP contribution in [0.5, 0.6) is 0 Å². The number of piperidine rings is 2. The fourth-order valence-electron chi connectivity index (χ4n) is 9.43. The van der Waals surface area contributed by atoms with E-state index in [-0.39, 0.29) is 54.0 Å². The number of benzene rings is 2. The number of nitrogens with zero attached hydrogens (tertiary/aromatic N) is 7. The maximum absolute atomic E-state index is 13.9. The molecule has 2 aliphatic heterocycles. The van der Waals surface area contributed by atoms with Gasteiger partial charge in [-0.1, -0.05) is 18.2 Å². The van der Waals surface area contributed by atoms with E-state index in [2.05, 4.69) is 20.5 Å². The summed E-state index contributed by atoms with van der Waals surface area (Å²) in [4.78, 5) is 72.6. The van der Waals surface area contributed by atoms with Crippen LogP contribution in [0.4, 0.5) is 18.9 Å². The maximum atomic E-state index is 13.9. The fourth-order valence-corrected chi connectivity index (χ4v) is 9.43. The molecule has 4 amide bonds. The normalized spacial score (nSPS) is 20.7. The third-order valence-corrected chi connectivity index (χ3v) is 12.8. The van der Waals surface area contributed by atoms with E-state index in [0.717, 1.165) is 62.0 Å². The number of amides is 4. The third-order valence-electron chi connectivity index (χ3n) is 12.8. The summed E-state index contributed by atoms with van der Waals surface area (Å²) in [6.07, 6.45) is 1.99. The Morgan fingerprint density at radius 1 is 0.968 bits per heavy atom. The third kappa shape index (κ3) is 8.36. The van der Waals surface area contributed by atoms with Crippen molar-refractivity contribution >= 4 is 51.3 Å². The first-order chi connectivity index (χ1) is 29.4. The van der Waals surface area contributed by atoms with Gasteiger partial charge in [-0.15, -0.1) is 0 Å². The number of hydrogen-bond acceptors (Lipinski definition) is 9. The molecule has 328 valence electrons. The average Bonchev–Trinajstić information content (AvgIpc) is 3.77. The molecule has 15 nitrogen and oxygen atoms in total. The zero-order chi connectivity index (χ0) is 44.2. The predicted octanol–water partition coefficient (Wildman–Crippen LogP) is 5.42. The van der Waals surface area contributed by atoms with Gasteiger partial charge in [-0.25, -0.2) is 9.78 Å². The number of halogens is 3. The molecule has 18 heteroatoms. The summed E-state index contributed by atoms with van der Waals surface area (Å²) in [5.41, 5.74) is 0.203. The van der Waals surface area contributed by atoms with E-state index in [1.165, 1.54) is 10.6 Å². The lowest BCUT2D eigenvalue weighted by Crippen LogP contribution is -2.47. The molecular formula is C44H50F3N9O6. The van der Waals surface area contributed by atoms with Crippen LogP contribution in [0.15, 0.2) is 59.5 Å². The number of carbonyl (C=O) groups is 4. The van der Waals surface area contributed by atoms with Gasteiger partial charge in [0, 0.05) is 74.9 Å². The van der Waals surface area contributed by atoms with Crippen molar-refractivity contribution < 1.29 is 37.5 Å². The van der Waals surface area contributed by atoms with Gasteiger partial charge in [-0.05, 0) is 94.7 Å². The standard InChI is InChI=1S/C44H50F3N9O6/c1-43(2,62)30-22-32-27(21-33(30)49-39(58)31-8-6-10-36(48-31)44(45,46)47)24-55(51-32)29-13-11-25(12-14-29)41(60)52(3)28-17-19-54(20-18-28)23-26-7-5-9-34-38(26)53(4)42(61)56(34)35-15-16-37(57)50-40(35)59/h5-10,21-22,24-25,28-29,35,62H,11-20,23H2,1-4H3,(H,49,58)(H,50,57,59). The quantitative estimate of drug-likeness (QED) is 0.164. The molecule has 5 aromatic rings. The van der Waals surface area contributed by atoms with Crippen molar-refractivity contribution in [3.8, 4) is 0 Å². The molecule has 0 bridgehead atoms. The number of imide groups is 1. The number of fused-ring (bicyclic) bond motifs is 2. The van der Waals surface area contributed by atoms with Gasteiger partial charge in [0.2, 0.25) is 17.7 Å². The predicted molar refractivity (Wildman–Crippen MR) is 223 cm³/mol. The Morgan fingerprint density at radius 2 is 1.68 bits per heavy atom. The first-order valence-corrected chi connectivity index (χ1v) is 21.0. The monoisotopic (exact) mass is 857 g/mol. The van der Waals surface area contributed by atoms with E-state index in [9.17, 15) is 42.3 Å². The van der Waals surface area contributed by atoms with Gasteiger partial charge < -0.3 is 15.3 Å². The smallest absolute Gasteiger partial charge is 0.386 e. The molecule has 3 fully saturated rings. The number of imidazole rings is 1. The summed E-state index contributed by atoms with van der Waals surface area (Å²) in [6, 6.07) is 11.5. The molecule has 2 aromatic carbocycles. The molecule has 3 N–H and O–H groups in total. The van der Waals surface area contributed by atoms with Crippen LogP contribution in [0, 0.1) is 5.92 Å². The first kappa shape index (κ1) is 42.8. The molecule has 5 heterocycles. The molecule has 1 unspecified atom stereocenters. The second-order valence-electron chi connectivity index (χ2n) is 17.4. The zero-order valence-corrected chi connectivity index (χ0v) is 35.0. The van der Waals surface area contributed by atoms with Crippen LogP contribution < -0.4 is 16.3 Å². The highest BCUT2D eigenvalue weighted by molar-refractivity contribution is 6.04. The van der Waals surface area contributed by atoms with E-state index in [4.69, 9.17) is 5.10 Å². The molecule has 0 spiro atoms. The molecule has 8 rings (SSSR count). The van der Waals surface area contributed by atoms with Crippen molar-refractivity contribution in [1.82, 2.24) is 39.0 Å². The Kier molecular flexibility index (Phi) is 11.3. The lowest BCUT2D eigenvalue weighted by atomic mass is 9.84. The van der Waals surface area contributed by atoms with Gasteiger partial charge in [0.15, 0.2) is 0 Å². The number of carbonyl (C=O) groups excluding carboxylic acids is 4. The highest BCUT2D eigenvalue weighted by atomic mass is 19.4. The SMILES string of the molecule is CN(C(=O)C1CCC(n2cc3cc(NC(=O)c4cccc(C(F)(F)F)n4)c(C(C)(C)O)cc3n2)CC1)C1CCN(Cc2cccc3c2n(C)c(=O)n3C2CCC(=O)NC2=O)CC1. The minimum atomic E-state index is -4.72. The molecule has 1 saturated carbocycles. The second-order valence-corrected chi connectivity index (χ2v) is 17.4. The van der Waals surface area contributed by atoms with Crippen LogP contribution in [0.3, 0.4) is 0 Å². The van der Waals surface area contributed by atoms with E-state index in [0.29, 0.717) is 41.4 Å². The van der Waals surface area contributed by atoms with Crippen LogP contribution in [0.1, 0.15) is 105 Å². The van der Waals surface area contributed by atoms with Crippen molar-refractivity contribution in [3.63, 3.8) is 0 Å². The fraction of sp³-hybridized carbons (Fsp3) is 0.477. The Bertz CT molecular complexity index is 2630. The molecule has 0 radical (unpaired) electrons. The van der Waals surface area contributed by atoms with Crippen molar-refractivity contribution in [1.29, 1.82) is 0 Å². The van der Waals surface area contributed by atoms with Crippen molar-refractivity contribution in [2.24, 2.45) is 13.0 Å². The van der Waals surface area contributed by atoms with Crippen LogP contribution in [-0.2, 0) is 39.8 Å². The van der Waals surface area contributed by atoms with Gasteiger partial charge >= 0.3 is 11.9 Å².